The van der Waals surface area contributed by atoms with Gasteiger partial charge in [-0.3, -0.25) is 0 Å². The molecule has 0 amide bonds. The van der Waals surface area contributed by atoms with Gasteiger partial charge in [0.2, 0.25) is 0 Å². The lowest BCUT2D eigenvalue weighted by Crippen LogP contribution is -2.19. The molecule has 0 unspecified atom stereocenters. The smallest absolute Gasteiger partial charge is 0.128 e. The van der Waals surface area contributed by atoms with Crippen molar-refractivity contribution in [3.8, 4) is 0 Å². The highest BCUT2D eigenvalue weighted by molar-refractivity contribution is 6.33. The highest BCUT2D eigenvalue weighted by atomic mass is 35.5. The summed E-state index contributed by atoms with van der Waals surface area (Å²) < 4.78 is 13.7. The van der Waals surface area contributed by atoms with E-state index in [2.05, 4.69) is 0 Å². The Morgan fingerprint density at radius 1 is 1.05 bits per heavy atom. The molecule has 0 fully saturated rings. The summed E-state index contributed by atoms with van der Waals surface area (Å²) in [6.07, 6.45) is 0. The van der Waals surface area contributed by atoms with E-state index in [-0.39, 0.29) is 5.82 Å². The number of anilines is 1. The molecular weight excluding hydrogens is 284 g/mol. The van der Waals surface area contributed by atoms with Crippen LogP contribution >= 0.6 is 23.2 Å². The predicted octanol–water partition coefficient (Wildman–Crippen LogP) is 4.85. The molecule has 2 aromatic carbocycles. The topological polar surface area (TPSA) is 3.24 Å². The average molecular weight is 298 g/mol. The molecule has 4 heteroatoms. The SMILES string of the molecule is CN(Cc1ccccc1F)c1c(Cl)cccc1CCl. The van der Waals surface area contributed by atoms with Crippen LogP contribution in [0.4, 0.5) is 10.1 Å². The molecular formula is C15H14Cl2FN. The van der Waals surface area contributed by atoms with Gasteiger partial charge < -0.3 is 4.90 Å². The van der Waals surface area contributed by atoms with Crippen LogP contribution in [-0.2, 0) is 12.4 Å². The van der Waals surface area contributed by atoms with Gasteiger partial charge in [0, 0.05) is 25.0 Å². The third kappa shape index (κ3) is 3.20. The van der Waals surface area contributed by atoms with Crippen LogP contribution in [0.15, 0.2) is 42.5 Å². The summed E-state index contributed by atoms with van der Waals surface area (Å²) in [4.78, 5) is 1.92. The Hall–Kier alpha value is -1.25. The van der Waals surface area contributed by atoms with Crippen molar-refractivity contribution < 1.29 is 4.39 Å². The molecule has 1 nitrogen and oxygen atoms in total. The van der Waals surface area contributed by atoms with Crippen molar-refractivity contribution in [2.24, 2.45) is 0 Å². The standard InChI is InChI=1S/C15H14Cl2FN/c1-19(10-12-5-2-3-8-14(12)18)15-11(9-16)6-4-7-13(15)17/h2-8H,9-10H2,1H3. The Kier molecular flexibility index (Phi) is 4.67. The van der Waals surface area contributed by atoms with Gasteiger partial charge in [-0.2, -0.15) is 0 Å². The maximum atomic E-state index is 13.7. The monoisotopic (exact) mass is 297 g/mol. The van der Waals surface area contributed by atoms with Gasteiger partial charge in [-0.05, 0) is 17.7 Å². The third-order valence-electron chi connectivity index (χ3n) is 2.96. The second-order valence-corrected chi connectivity index (χ2v) is 5.00. The van der Waals surface area contributed by atoms with E-state index in [1.54, 1.807) is 12.1 Å². The number of nitrogens with zero attached hydrogens (tertiary/aromatic N) is 1. The molecule has 0 saturated carbocycles. The fraction of sp³-hybridized carbons (Fsp3) is 0.200. The van der Waals surface area contributed by atoms with Crippen LogP contribution in [0.2, 0.25) is 5.02 Å². The van der Waals surface area contributed by atoms with Gasteiger partial charge in [0.05, 0.1) is 10.7 Å². The molecule has 0 N–H and O–H groups in total. The zero-order valence-corrected chi connectivity index (χ0v) is 12.0. The fourth-order valence-corrected chi connectivity index (χ4v) is 2.61. The Balaban J connectivity index is 2.30. The van der Waals surface area contributed by atoms with Gasteiger partial charge in [-0.15, -0.1) is 11.6 Å². The zero-order chi connectivity index (χ0) is 13.8. The van der Waals surface area contributed by atoms with Crippen LogP contribution in [0, 0.1) is 5.82 Å². The minimum absolute atomic E-state index is 0.214. The largest absolute Gasteiger partial charge is 0.369 e. The van der Waals surface area contributed by atoms with E-state index in [0.717, 1.165) is 11.3 Å². The average Bonchev–Trinajstić information content (AvgIpc) is 2.40. The highest BCUT2D eigenvalue weighted by Gasteiger charge is 2.13. The van der Waals surface area contributed by atoms with Gasteiger partial charge in [0.25, 0.3) is 0 Å². The molecule has 0 aliphatic heterocycles. The van der Waals surface area contributed by atoms with Gasteiger partial charge in [-0.25, -0.2) is 4.39 Å². The number of alkyl halides is 1. The molecule has 100 valence electrons. The second kappa shape index (κ2) is 6.27. The molecule has 0 radical (unpaired) electrons. The third-order valence-corrected chi connectivity index (χ3v) is 3.55. The van der Waals surface area contributed by atoms with E-state index in [4.69, 9.17) is 23.2 Å². The molecule has 0 spiro atoms. The fourth-order valence-electron chi connectivity index (χ4n) is 2.06. The van der Waals surface area contributed by atoms with Crippen LogP contribution in [0.25, 0.3) is 0 Å². The van der Waals surface area contributed by atoms with Crippen LogP contribution in [0.1, 0.15) is 11.1 Å². The van der Waals surface area contributed by atoms with Crippen molar-refractivity contribution in [2.75, 3.05) is 11.9 Å². The maximum absolute atomic E-state index is 13.7. The molecule has 0 saturated heterocycles. The predicted molar refractivity (Wildman–Crippen MR) is 79.5 cm³/mol. The first kappa shape index (κ1) is 14.2. The number of para-hydroxylation sites is 1. The molecule has 0 atom stereocenters. The van der Waals surface area contributed by atoms with E-state index in [1.807, 2.05) is 36.2 Å². The van der Waals surface area contributed by atoms with Crippen molar-refractivity contribution in [3.05, 3.63) is 64.4 Å². The Bertz CT molecular complexity index is 572. The highest BCUT2D eigenvalue weighted by Crippen LogP contribution is 2.31. The summed E-state index contributed by atoms with van der Waals surface area (Å²) in [6, 6.07) is 12.3. The van der Waals surface area contributed by atoms with Gasteiger partial charge >= 0.3 is 0 Å². The van der Waals surface area contributed by atoms with E-state index in [9.17, 15) is 4.39 Å². The lowest BCUT2D eigenvalue weighted by atomic mass is 10.1. The zero-order valence-electron chi connectivity index (χ0n) is 10.5. The summed E-state index contributed by atoms with van der Waals surface area (Å²) in [5.41, 5.74) is 2.42. The maximum Gasteiger partial charge on any atom is 0.128 e. The molecule has 0 aromatic heterocycles. The van der Waals surface area contributed by atoms with E-state index >= 15 is 0 Å². The van der Waals surface area contributed by atoms with E-state index in [0.29, 0.717) is 23.0 Å². The molecule has 19 heavy (non-hydrogen) atoms. The minimum atomic E-state index is -0.214. The first-order chi connectivity index (χ1) is 9.13. The second-order valence-electron chi connectivity index (χ2n) is 4.33. The Morgan fingerprint density at radius 3 is 2.42 bits per heavy atom. The number of halogens is 3. The van der Waals surface area contributed by atoms with Crippen molar-refractivity contribution in [1.29, 1.82) is 0 Å². The van der Waals surface area contributed by atoms with Crippen molar-refractivity contribution in [1.82, 2.24) is 0 Å². The summed E-state index contributed by atoms with van der Waals surface area (Å²) in [7, 11) is 1.88. The number of hydrogen-bond acceptors (Lipinski definition) is 1. The molecule has 0 bridgehead atoms. The van der Waals surface area contributed by atoms with Crippen LogP contribution < -0.4 is 4.90 Å². The van der Waals surface area contributed by atoms with Gasteiger partial charge in [0.1, 0.15) is 5.82 Å². The van der Waals surface area contributed by atoms with Crippen molar-refractivity contribution in [3.63, 3.8) is 0 Å². The summed E-state index contributed by atoms with van der Waals surface area (Å²) in [5.74, 6) is 0.158. The minimum Gasteiger partial charge on any atom is -0.369 e. The van der Waals surface area contributed by atoms with Crippen molar-refractivity contribution >= 4 is 28.9 Å². The van der Waals surface area contributed by atoms with E-state index < -0.39 is 0 Å². The van der Waals surface area contributed by atoms with Gasteiger partial charge in [0.15, 0.2) is 0 Å². The summed E-state index contributed by atoms with van der Waals surface area (Å²) in [6.45, 7) is 0.445. The first-order valence-electron chi connectivity index (χ1n) is 5.91. The lowest BCUT2D eigenvalue weighted by Gasteiger charge is -2.23. The molecule has 0 heterocycles. The summed E-state index contributed by atoms with van der Waals surface area (Å²) >= 11 is 12.1. The molecule has 0 aliphatic carbocycles. The van der Waals surface area contributed by atoms with Crippen LogP contribution in [0.5, 0.6) is 0 Å². The first-order valence-corrected chi connectivity index (χ1v) is 6.82. The van der Waals surface area contributed by atoms with Crippen molar-refractivity contribution in [2.45, 2.75) is 12.4 Å². The van der Waals surface area contributed by atoms with Crippen LogP contribution in [0.3, 0.4) is 0 Å². The number of rotatable bonds is 4. The quantitative estimate of drug-likeness (QED) is 0.729. The molecule has 2 aromatic rings. The molecule has 0 aliphatic rings. The van der Waals surface area contributed by atoms with E-state index in [1.165, 1.54) is 6.07 Å². The number of hydrogen-bond donors (Lipinski definition) is 0. The number of benzene rings is 2. The normalized spacial score (nSPS) is 10.5. The Labute approximate surface area is 122 Å². The molecule has 2 rings (SSSR count). The lowest BCUT2D eigenvalue weighted by molar-refractivity contribution is 0.608. The summed E-state index contributed by atoms with van der Waals surface area (Å²) in [5, 5.41) is 0.622. The Morgan fingerprint density at radius 2 is 1.74 bits per heavy atom. The van der Waals surface area contributed by atoms with Gasteiger partial charge in [-0.1, -0.05) is 41.9 Å². The van der Waals surface area contributed by atoms with Crippen LogP contribution in [-0.4, -0.2) is 7.05 Å².